The van der Waals surface area contributed by atoms with Gasteiger partial charge in [-0.2, -0.15) is 0 Å². The fraction of sp³-hybridized carbons (Fsp3) is 0.368. The molecule has 2 aromatic rings. The van der Waals surface area contributed by atoms with Crippen LogP contribution in [0, 0.1) is 0 Å². The monoisotopic (exact) mass is 365 g/mol. The van der Waals surface area contributed by atoms with Crippen molar-refractivity contribution in [3.63, 3.8) is 0 Å². The minimum absolute atomic E-state index is 0.146. The summed E-state index contributed by atoms with van der Waals surface area (Å²) in [6.07, 6.45) is 0.642. The van der Waals surface area contributed by atoms with Crippen molar-refractivity contribution in [2.45, 2.75) is 18.9 Å². The Labute approximate surface area is 152 Å². The summed E-state index contributed by atoms with van der Waals surface area (Å²) in [7, 11) is 2.12. The molecule has 1 heterocycles. The number of aliphatic hydroxyl groups is 1. The van der Waals surface area contributed by atoms with Crippen LogP contribution >= 0.6 is 23.2 Å². The summed E-state index contributed by atoms with van der Waals surface area (Å²) in [5, 5.41) is 10.0. The molecule has 0 aromatic heterocycles. The summed E-state index contributed by atoms with van der Waals surface area (Å²) in [6, 6.07) is 12.1. The number of hydrogen-bond acceptors (Lipinski definition) is 3. The van der Waals surface area contributed by atoms with Crippen LogP contribution in [0.3, 0.4) is 0 Å². The van der Waals surface area contributed by atoms with E-state index in [1.165, 1.54) is 16.7 Å². The van der Waals surface area contributed by atoms with E-state index in [1.54, 1.807) is 0 Å². The predicted molar refractivity (Wildman–Crippen MR) is 98.3 cm³/mol. The van der Waals surface area contributed by atoms with E-state index in [1.807, 2.05) is 24.3 Å². The average Bonchev–Trinajstić information content (AvgIpc) is 2.56. The van der Waals surface area contributed by atoms with Gasteiger partial charge in [0, 0.05) is 32.0 Å². The van der Waals surface area contributed by atoms with Crippen molar-refractivity contribution in [2.24, 2.45) is 0 Å². The first-order valence-corrected chi connectivity index (χ1v) is 8.84. The minimum atomic E-state index is 0.146. The zero-order valence-corrected chi connectivity index (χ0v) is 15.1. The number of aliphatic hydroxyl groups excluding tert-OH is 1. The Hall–Kier alpha value is -1.26. The van der Waals surface area contributed by atoms with E-state index in [-0.39, 0.29) is 12.5 Å². The van der Waals surface area contributed by atoms with E-state index in [0.29, 0.717) is 23.1 Å². The Morgan fingerprint density at radius 1 is 1.17 bits per heavy atom. The van der Waals surface area contributed by atoms with E-state index in [0.717, 1.165) is 18.8 Å². The van der Waals surface area contributed by atoms with Gasteiger partial charge >= 0.3 is 0 Å². The summed E-state index contributed by atoms with van der Waals surface area (Å²) in [5.74, 6) is 1.12. The molecule has 1 N–H and O–H groups in total. The third kappa shape index (κ3) is 3.86. The van der Waals surface area contributed by atoms with Crippen LogP contribution in [0.5, 0.6) is 5.75 Å². The SMILES string of the molecule is CN1Cc2cc(OCCCO)ccc2C(c2ccc(Cl)c(Cl)c2)C1. The van der Waals surface area contributed by atoms with Crippen molar-refractivity contribution >= 4 is 23.2 Å². The number of likely N-dealkylation sites (N-methyl/N-ethyl adjacent to an activating group) is 1. The Kier molecular flexibility index (Phi) is 5.67. The van der Waals surface area contributed by atoms with Gasteiger partial charge < -0.3 is 14.7 Å². The van der Waals surface area contributed by atoms with Crippen LogP contribution in [-0.2, 0) is 6.54 Å². The second-order valence-electron chi connectivity index (χ2n) is 6.21. The van der Waals surface area contributed by atoms with Gasteiger partial charge in [0.15, 0.2) is 0 Å². The molecule has 5 heteroatoms. The predicted octanol–water partition coefficient (Wildman–Crippen LogP) is 4.33. The molecule has 0 saturated heterocycles. The van der Waals surface area contributed by atoms with Gasteiger partial charge in [0.2, 0.25) is 0 Å². The van der Waals surface area contributed by atoms with Gasteiger partial charge in [0.1, 0.15) is 5.75 Å². The Morgan fingerprint density at radius 3 is 2.75 bits per heavy atom. The lowest BCUT2D eigenvalue weighted by atomic mass is 9.85. The first-order chi connectivity index (χ1) is 11.6. The number of halogens is 2. The van der Waals surface area contributed by atoms with Crippen LogP contribution in [0.2, 0.25) is 10.0 Å². The highest BCUT2D eigenvalue weighted by Crippen LogP contribution is 2.36. The molecule has 0 aliphatic carbocycles. The summed E-state index contributed by atoms with van der Waals surface area (Å²) < 4.78 is 5.71. The van der Waals surface area contributed by atoms with Crippen LogP contribution in [0.25, 0.3) is 0 Å². The molecule has 0 spiro atoms. The minimum Gasteiger partial charge on any atom is -0.493 e. The van der Waals surface area contributed by atoms with Crippen LogP contribution in [0.1, 0.15) is 29.0 Å². The van der Waals surface area contributed by atoms with E-state index in [2.05, 4.69) is 24.1 Å². The normalized spacial score (nSPS) is 17.6. The Bertz CT molecular complexity index is 721. The molecule has 0 fully saturated rings. The smallest absolute Gasteiger partial charge is 0.119 e. The van der Waals surface area contributed by atoms with Gasteiger partial charge in [-0.05, 0) is 48.0 Å². The molecule has 24 heavy (non-hydrogen) atoms. The highest BCUT2D eigenvalue weighted by atomic mass is 35.5. The maximum Gasteiger partial charge on any atom is 0.119 e. The topological polar surface area (TPSA) is 32.7 Å². The Balaban J connectivity index is 1.90. The third-order valence-corrected chi connectivity index (χ3v) is 5.08. The van der Waals surface area contributed by atoms with E-state index in [9.17, 15) is 0 Å². The highest BCUT2D eigenvalue weighted by Gasteiger charge is 2.25. The van der Waals surface area contributed by atoms with Crippen molar-refractivity contribution < 1.29 is 9.84 Å². The fourth-order valence-electron chi connectivity index (χ4n) is 3.18. The van der Waals surface area contributed by atoms with Crippen LogP contribution < -0.4 is 4.74 Å². The van der Waals surface area contributed by atoms with Crippen molar-refractivity contribution in [2.75, 3.05) is 26.8 Å². The van der Waals surface area contributed by atoms with E-state index < -0.39 is 0 Å². The van der Waals surface area contributed by atoms with Crippen LogP contribution in [0.15, 0.2) is 36.4 Å². The first-order valence-electron chi connectivity index (χ1n) is 8.08. The van der Waals surface area contributed by atoms with Crippen LogP contribution in [0.4, 0.5) is 0 Å². The summed E-state index contributed by atoms with van der Waals surface area (Å²) in [4.78, 5) is 2.30. The molecule has 3 nitrogen and oxygen atoms in total. The average molecular weight is 366 g/mol. The molecule has 1 atom stereocenters. The second-order valence-corrected chi connectivity index (χ2v) is 7.02. The molecular weight excluding hydrogens is 345 g/mol. The fourth-order valence-corrected chi connectivity index (χ4v) is 3.49. The molecule has 0 radical (unpaired) electrons. The van der Waals surface area contributed by atoms with Crippen molar-refractivity contribution in [1.82, 2.24) is 4.90 Å². The zero-order chi connectivity index (χ0) is 17.1. The number of hydrogen-bond donors (Lipinski definition) is 1. The molecule has 1 aliphatic rings. The molecule has 0 amide bonds. The van der Waals surface area contributed by atoms with Crippen LogP contribution in [-0.4, -0.2) is 36.8 Å². The summed E-state index contributed by atoms with van der Waals surface area (Å²) >= 11 is 12.3. The lowest BCUT2D eigenvalue weighted by Crippen LogP contribution is -2.31. The Morgan fingerprint density at radius 2 is 2.00 bits per heavy atom. The van der Waals surface area contributed by atoms with Crippen molar-refractivity contribution in [3.05, 3.63) is 63.1 Å². The number of ether oxygens (including phenoxy) is 1. The second kappa shape index (κ2) is 7.75. The molecule has 3 rings (SSSR count). The number of benzene rings is 2. The number of rotatable bonds is 5. The van der Waals surface area contributed by atoms with Gasteiger partial charge in [0.05, 0.1) is 16.7 Å². The van der Waals surface area contributed by atoms with Crippen molar-refractivity contribution in [1.29, 1.82) is 0 Å². The lowest BCUT2D eigenvalue weighted by molar-refractivity contribution is 0.233. The number of nitrogens with zero attached hydrogens (tertiary/aromatic N) is 1. The van der Waals surface area contributed by atoms with E-state index in [4.69, 9.17) is 33.0 Å². The molecule has 0 bridgehead atoms. The molecule has 0 saturated carbocycles. The van der Waals surface area contributed by atoms with Gasteiger partial charge in [-0.25, -0.2) is 0 Å². The maximum atomic E-state index is 8.87. The van der Waals surface area contributed by atoms with E-state index >= 15 is 0 Å². The quantitative estimate of drug-likeness (QED) is 0.800. The molecule has 128 valence electrons. The van der Waals surface area contributed by atoms with Gasteiger partial charge in [-0.1, -0.05) is 35.3 Å². The highest BCUT2D eigenvalue weighted by molar-refractivity contribution is 6.42. The molecule has 2 aromatic carbocycles. The third-order valence-electron chi connectivity index (χ3n) is 4.34. The first kappa shape index (κ1) is 17.6. The summed E-state index contributed by atoms with van der Waals surface area (Å²) in [5.41, 5.74) is 3.74. The van der Waals surface area contributed by atoms with Gasteiger partial charge in [0.25, 0.3) is 0 Å². The molecule has 1 unspecified atom stereocenters. The van der Waals surface area contributed by atoms with Gasteiger partial charge in [-0.3, -0.25) is 0 Å². The molecule has 1 aliphatic heterocycles. The number of fused-ring (bicyclic) bond motifs is 1. The largest absolute Gasteiger partial charge is 0.493 e. The molecular formula is C19H21Cl2NO2. The standard InChI is InChI=1S/C19H21Cl2NO2/c1-22-11-14-9-15(24-8-2-7-23)4-5-16(14)17(12-22)13-3-6-18(20)19(21)10-13/h3-6,9-10,17,23H,2,7-8,11-12H2,1H3. The zero-order valence-electron chi connectivity index (χ0n) is 13.6. The summed E-state index contributed by atoms with van der Waals surface area (Å²) in [6.45, 7) is 2.51. The van der Waals surface area contributed by atoms with Gasteiger partial charge in [-0.15, -0.1) is 0 Å². The van der Waals surface area contributed by atoms with Crippen molar-refractivity contribution in [3.8, 4) is 5.75 Å². The lowest BCUT2D eigenvalue weighted by Gasteiger charge is -2.33. The maximum absolute atomic E-state index is 8.87.